The molecular weight excluding hydrogens is 294 g/mol. The van der Waals surface area contributed by atoms with E-state index in [1.165, 1.54) is 0 Å². The number of rotatable bonds is 3. The standard InChI is InChI=1S/C14H20ClN3OS/c1-14(2,3)11(12(19)16-4)18-13(20)17-10-7-5-9(15)6-8-10/h5-8,11H,1-4H3,(H,16,19)(H2,17,18,20)/t11-/m1/s1. The SMILES string of the molecule is CNC(=O)[C@@H](NC(=S)Nc1ccc(Cl)cc1)C(C)(C)C. The molecule has 1 aromatic carbocycles. The van der Waals surface area contributed by atoms with Gasteiger partial charge in [0.1, 0.15) is 6.04 Å². The van der Waals surface area contributed by atoms with Crippen molar-refractivity contribution in [3.8, 4) is 0 Å². The van der Waals surface area contributed by atoms with E-state index >= 15 is 0 Å². The van der Waals surface area contributed by atoms with Crippen molar-refractivity contribution in [3.63, 3.8) is 0 Å². The predicted octanol–water partition coefficient (Wildman–Crippen LogP) is 2.79. The first-order chi connectivity index (χ1) is 9.24. The molecule has 3 N–H and O–H groups in total. The lowest BCUT2D eigenvalue weighted by Crippen LogP contribution is -2.53. The van der Waals surface area contributed by atoms with Crippen LogP contribution in [0.1, 0.15) is 20.8 Å². The number of halogens is 1. The van der Waals surface area contributed by atoms with E-state index < -0.39 is 6.04 Å². The zero-order valence-electron chi connectivity index (χ0n) is 12.1. The number of hydrogen-bond donors (Lipinski definition) is 3. The lowest BCUT2D eigenvalue weighted by Gasteiger charge is -2.30. The van der Waals surface area contributed by atoms with E-state index in [4.69, 9.17) is 23.8 Å². The molecule has 1 atom stereocenters. The average molecular weight is 314 g/mol. The van der Waals surface area contributed by atoms with Crippen LogP contribution < -0.4 is 16.0 Å². The Balaban J connectivity index is 2.72. The van der Waals surface area contributed by atoms with Crippen LogP contribution in [0.3, 0.4) is 0 Å². The van der Waals surface area contributed by atoms with Crippen LogP contribution in [0, 0.1) is 5.41 Å². The summed E-state index contributed by atoms with van der Waals surface area (Å²) in [6.45, 7) is 5.93. The molecule has 0 aliphatic carbocycles. The van der Waals surface area contributed by atoms with Crippen LogP contribution in [0.25, 0.3) is 0 Å². The van der Waals surface area contributed by atoms with Gasteiger partial charge in [0.05, 0.1) is 0 Å². The fraction of sp³-hybridized carbons (Fsp3) is 0.429. The number of benzene rings is 1. The molecule has 0 aromatic heterocycles. The second-order valence-electron chi connectivity index (χ2n) is 5.52. The highest BCUT2D eigenvalue weighted by Crippen LogP contribution is 2.20. The molecule has 1 rings (SSSR count). The Bertz CT molecular complexity index is 482. The number of carbonyl (C=O) groups excluding carboxylic acids is 1. The molecule has 0 unspecified atom stereocenters. The quantitative estimate of drug-likeness (QED) is 0.751. The molecule has 0 radical (unpaired) electrons. The number of nitrogens with one attached hydrogen (secondary N) is 3. The van der Waals surface area contributed by atoms with Gasteiger partial charge in [0.2, 0.25) is 5.91 Å². The maximum absolute atomic E-state index is 11.9. The van der Waals surface area contributed by atoms with Gasteiger partial charge < -0.3 is 16.0 Å². The molecule has 6 heteroatoms. The van der Waals surface area contributed by atoms with E-state index in [9.17, 15) is 4.79 Å². The Labute approximate surface area is 130 Å². The molecule has 0 aliphatic rings. The van der Waals surface area contributed by atoms with Crippen LogP contribution in [0.2, 0.25) is 5.02 Å². The molecule has 0 fully saturated rings. The fourth-order valence-electron chi connectivity index (χ4n) is 1.65. The second-order valence-corrected chi connectivity index (χ2v) is 6.36. The van der Waals surface area contributed by atoms with Gasteiger partial charge in [-0.3, -0.25) is 4.79 Å². The average Bonchev–Trinajstić information content (AvgIpc) is 2.36. The summed E-state index contributed by atoms with van der Waals surface area (Å²) in [6.07, 6.45) is 0. The van der Waals surface area contributed by atoms with E-state index in [0.717, 1.165) is 5.69 Å². The van der Waals surface area contributed by atoms with Crippen molar-refractivity contribution < 1.29 is 4.79 Å². The van der Waals surface area contributed by atoms with Gasteiger partial charge in [-0.2, -0.15) is 0 Å². The third kappa shape index (κ3) is 4.98. The monoisotopic (exact) mass is 313 g/mol. The Hall–Kier alpha value is -1.33. The van der Waals surface area contributed by atoms with Gasteiger partial charge in [0.25, 0.3) is 0 Å². The van der Waals surface area contributed by atoms with E-state index in [1.807, 2.05) is 32.9 Å². The number of hydrogen-bond acceptors (Lipinski definition) is 2. The van der Waals surface area contributed by atoms with Gasteiger partial charge in [0.15, 0.2) is 5.11 Å². The third-order valence-corrected chi connectivity index (χ3v) is 3.22. The van der Waals surface area contributed by atoms with Crippen molar-refractivity contribution in [2.45, 2.75) is 26.8 Å². The zero-order valence-corrected chi connectivity index (χ0v) is 13.7. The summed E-state index contributed by atoms with van der Waals surface area (Å²) in [4.78, 5) is 11.9. The third-order valence-electron chi connectivity index (χ3n) is 2.75. The minimum atomic E-state index is -0.417. The maximum atomic E-state index is 11.9. The topological polar surface area (TPSA) is 53.2 Å². The van der Waals surface area contributed by atoms with E-state index in [-0.39, 0.29) is 11.3 Å². The summed E-state index contributed by atoms with van der Waals surface area (Å²) in [5.74, 6) is -0.0993. The summed E-state index contributed by atoms with van der Waals surface area (Å²) in [7, 11) is 1.61. The minimum Gasteiger partial charge on any atom is -0.357 e. The van der Waals surface area contributed by atoms with Crippen LogP contribution in [0.4, 0.5) is 5.69 Å². The first kappa shape index (κ1) is 16.7. The number of anilines is 1. The molecule has 1 aromatic rings. The van der Waals surface area contributed by atoms with E-state index in [0.29, 0.717) is 10.1 Å². The summed E-state index contributed by atoms with van der Waals surface area (Å²) in [5, 5.41) is 9.78. The number of carbonyl (C=O) groups is 1. The van der Waals surface area contributed by atoms with Crippen molar-refractivity contribution >= 4 is 40.5 Å². The largest absolute Gasteiger partial charge is 0.357 e. The summed E-state index contributed by atoms with van der Waals surface area (Å²) >= 11 is 11.1. The molecule has 20 heavy (non-hydrogen) atoms. The molecular formula is C14H20ClN3OS. The van der Waals surface area contributed by atoms with Gasteiger partial charge in [-0.15, -0.1) is 0 Å². The smallest absolute Gasteiger partial charge is 0.242 e. The van der Waals surface area contributed by atoms with Gasteiger partial charge >= 0.3 is 0 Å². The van der Waals surface area contributed by atoms with Crippen LogP contribution in [-0.2, 0) is 4.79 Å². The van der Waals surface area contributed by atoms with Gasteiger partial charge in [-0.25, -0.2) is 0 Å². The number of amides is 1. The van der Waals surface area contributed by atoms with Crippen molar-refractivity contribution in [1.82, 2.24) is 10.6 Å². The predicted molar refractivity (Wildman–Crippen MR) is 88.1 cm³/mol. The highest BCUT2D eigenvalue weighted by Gasteiger charge is 2.31. The van der Waals surface area contributed by atoms with Gasteiger partial charge in [0, 0.05) is 17.8 Å². The summed E-state index contributed by atoms with van der Waals surface area (Å²) < 4.78 is 0. The van der Waals surface area contributed by atoms with Crippen molar-refractivity contribution in [2.24, 2.45) is 5.41 Å². The normalized spacial score (nSPS) is 12.4. The summed E-state index contributed by atoms with van der Waals surface area (Å²) in [5.41, 5.74) is 0.558. The first-order valence-electron chi connectivity index (χ1n) is 6.28. The molecule has 0 heterocycles. The molecule has 0 aliphatic heterocycles. The highest BCUT2D eigenvalue weighted by atomic mass is 35.5. The zero-order chi connectivity index (χ0) is 15.3. The Morgan fingerprint density at radius 1 is 1.25 bits per heavy atom. The lowest BCUT2D eigenvalue weighted by atomic mass is 9.86. The molecule has 4 nitrogen and oxygen atoms in total. The van der Waals surface area contributed by atoms with Crippen LogP contribution in [0.5, 0.6) is 0 Å². The summed E-state index contributed by atoms with van der Waals surface area (Å²) in [6, 6.07) is 6.77. The highest BCUT2D eigenvalue weighted by molar-refractivity contribution is 7.80. The second kappa shape index (κ2) is 6.90. The molecule has 0 saturated heterocycles. The first-order valence-corrected chi connectivity index (χ1v) is 7.07. The maximum Gasteiger partial charge on any atom is 0.242 e. The van der Waals surface area contributed by atoms with Crippen molar-refractivity contribution in [1.29, 1.82) is 0 Å². The van der Waals surface area contributed by atoms with Crippen LogP contribution >= 0.6 is 23.8 Å². The van der Waals surface area contributed by atoms with Crippen molar-refractivity contribution in [3.05, 3.63) is 29.3 Å². The molecule has 0 bridgehead atoms. The van der Waals surface area contributed by atoms with E-state index in [2.05, 4.69) is 16.0 Å². The lowest BCUT2D eigenvalue weighted by molar-refractivity contribution is -0.124. The molecule has 0 spiro atoms. The Morgan fingerprint density at radius 2 is 1.80 bits per heavy atom. The molecule has 1 amide bonds. The van der Waals surface area contributed by atoms with Crippen LogP contribution in [0.15, 0.2) is 24.3 Å². The molecule has 0 saturated carbocycles. The van der Waals surface area contributed by atoms with Gasteiger partial charge in [-0.1, -0.05) is 32.4 Å². The Morgan fingerprint density at radius 3 is 2.25 bits per heavy atom. The fourth-order valence-corrected chi connectivity index (χ4v) is 2.01. The molecule has 110 valence electrons. The minimum absolute atomic E-state index is 0.0993. The van der Waals surface area contributed by atoms with Crippen molar-refractivity contribution in [2.75, 3.05) is 12.4 Å². The van der Waals surface area contributed by atoms with Gasteiger partial charge in [-0.05, 0) is 41.9 Å². The number of likely N-dealkylation sites (N-methyl/N-ethyl adjacent to an activating group) is 1. The van der Waals surface area contributed by atoms with E-state index in [1.54, 1.807) is 19.2 Å². The Kier molecular flexibility index (Phi) is 5.77. The van der Waals surface area contributed by atoms with Crippen LogP contribution in [-0.4, -0.2) is 24.1 Å². The number of thiocarbonyl (C=S) groups is 1.